The SMILES string of the molecule is N=C(/C=C(\NCc1ccccc1F)c1ncccn1)c1ncccn1. The van der Waals surface area contributed by atoms with Crippen molar-refractivity contribution in [2.24, 2.45) is 0 Å². The Morgan fingerprint density at radius 2 is 1.52 bits per heavy atom. The number of aromatic nitrogens is 4. The summed E-state index contributed by atoms with van der Waals surface area (Å²) in [6, 6.07) is 9.87. The monoisotopic (exact) mass is 334 g/mol. The molecule has 0 aliphatic heterocycles. The molecule has 0 aliphatic rings. The Morgan fingerprint density at radius 1 is 0.920 bits per heavy atom. The molecule has 0 atom stereocenters. The first-order valence-corrected chi connectivity index (χ1v) is 7.56. The quantitative estimate of drug-likeness (QED) is 0.677. The molecule has 1 aromatic carbocycles. The van der Waals surface area contributed by atoms with E-state index in [2.05, 4.69) is 25.3 Å². The third kappa shape index (κ3) is 4.29. The molecular formula is C18H15FN6. The van der Waals surface area contributed by atoms with E-state index in [1.807, 2.05) is 0 Å². The Balaban J connectivity index is 1.87. The van der Waals surface area contributed by atoms with Crippen molar-refractivity contribution in [2.75, 3.05) is 0 Å². The zero-order valence-corrected chi connectivity index (χ0v) is 13.2. The Morgan fingerprint density at radius 3 is 2.16 bits per heavy atom. The molecule has 3 aromatic rings. The zero-order chi connectivity index (χ0) is 17.5. The molecule has 2 heterocycles. The summed E-state index contributed by atoms with van der Waals surface area (Å²) in [5, 5.41) is 11.3. The smallest absolute Gasteiger partial charge is 0.177 e. The van der Waals surface area contributed by atoms with Crippen molar-refractivity contribution in [3.63, 3.8) is 0 Å². The minimum absolute atomic E-state index is 0.101. The number of benzene rings is 1. The summed E-state index contributed by atoms with van der Waals surface area (Å²) in [5.41, 5.74) is 1.09. The van der Waals surface area contributed by atoms with Crippen molar-refractivity contribution in [1.29, 1.82) is 5.41 Å². The number of nitrogens with one attached hydrogen (secondary N) is 2. The molecule has 0 saturated heterocycles. The molecule has 6 nitrogen and oxygen atoms in total. The molecule has 7 heteroatoms. The predicted octanol–water partition coefficient (Wildman–Crippen LogP) is 2.60. The molecule has 0 fully saturated rings. The summed E-state index contributed by atoms with van der Waals surface area (Å²) in [4.78, 5) is 16.5. The Labute approximate surface area is 144 Å². The average molecular weight is 334 g/mol. The van der Waals surface area contributed by atoms with Crippen molar-refractivity contribution in [3.05, 3.63) is 90.3 Å². The van der Waals surface area contributed by atoms with Crippen molar-refractivity contribution in [1.82, 2.24) is 25.3 Å². The highest BCUT2D eigenvalue weighted by Gasteiger charge is 2.09. The van der Waals surface area contributed by atoms with Gasteiger partial charge in [0.2, 0.25) is 0 Å². The first-order valence-electron chi connectivity index (χ1n) is 7.56. The van der Waals surface area contributed by atoms with Gasteiger partial charge in [0.25, 0.3) is 0 Å². The van der Waals surface area contributed by atoms with Gasteiger partial charge in [-0.1, -0.05) is 18.2 Å². The van der Waals surface area contributed by atoms with Crippen LogP contribution in [0.25, 0.3) is 5.70 Å². The molecule has 2 N–H and O–H groups in total. The summed E-state index contributed by atoms with van der Waals surface area (Å²) in [5.74, 6) is 0.382. The van der Waals surface area contributed by atoms with Crippen molar-refractivity contribution in [2.45, 2.75) is 6.54 Å². The Kier molecular flexibility index (Phi) is 5.16. The van der Waals surface area contributed by atoms with Crippen LogP contribution in [-0.4, -0.2) is 25.6 Å². The van der Waals surface area contributed by atoms with E-state index in [0.29, 0.717) is 17.1 Å². The number of halogens is 1. The van der Waals surface area contributed by atoms with Crippen molar-refractivity contribution in [3.8, 4) is 0 Å². The second-order valence-electron chi connectivity index (χ2n) is 5.06. The molecule has 0 aliphatic carbocycles. The van der Waals surface area contributed by atoms with Gasteiger partial charge in [-0.25, -0.2) is 24.3 Å². The van der Waals surface area contributed by atoms with Gasteiger partial charge in [-0.15, -0.1) is 0 Å². The fourth-order valence-electron chi connectivity index (χ4n) is 2.11. The standard InChI is InChI=1S/C18H15FN6/c19-14-6-2-1-5-13(14)12-25-16(18-23-9-4-10-24-18)11-15(20)17-21-7-3-8-22-17/h1-11,20,25H,12H2/b16-11-,20-15?. The lowest BCUT2D eigenvalue weighted by molar-refractivity contribution is 0.605. The van der Waals surface area contributed by atoms with Crippen LogP contribution < -0.4 is 5.32 Å². The molecule has 0 radical (unpaired) electrons. The fraction of sp³-hybridized carbons (Fsp3) is 0.0556. The van der Waals surface area contributed by atoms with Crippen LogP contribution in [0.3, 0.4) is 0 Å². The van der Waals surface area contributed by atoms with Crippen LogP contribution in [0.4, 0.5) is 4.39 Å². The van der Waals surface area contributed by atoms with Crippen LogP contribution in [0.15, 0.2) is 67.3 Å². The lowest BCUT2D eigenvalue weighted by Gasteiger charge is -2.11. The topological polar surface area (TPSA) is 87.4 Å². The third-order valence-electron chi connectivity index (χ3n) is 3.33. The maximum atomic E-state index is 13.8. The second-order valence-corrected chi connectivity index (χ2v) is 5.06. The van der Waals surface area contributed by atoms with E-state index in [9.17, 15) is 4.39 Å². The molecule has 0 unspecified atom stereocenters. The average Bonchev–Trinajstić information content (AvgIpc) is 2.67. The van der Waals surface area contributed by atoms with Gasteiger partial charge in [0.05, 0.1) is 5.70 Å². The minimum Gasteiger partial charge on any atom is -0.378 e. The maximum Gasteiger partial charge on any atom is 0.177 e. The largest absolute Gasteiger partial charge is 0.378 e. The fourth-order valence-corrected chi connectivity index (χ4v) is 2.11. The normalized spacial score (nSPS) is 11.2. The molecule has 2 aromatic heterocycles. The summed E-state index contributed by atoms with van der Waals surface area (Å²) in [6.45, 7) is 0.236. The van der Waals surface area contributed by atoms with Crippen LogP contribution in [-0.2, 0) is 6.54 Å². The van der Waals surface area contributed by atoms with Crippen LogP contribution in [0, 0.1) is 11.2 Å². The molecule has 0 spiro atoms. The lowest BCUT2D eigenvalue weighted by atomic mass is 10.2. The van der Waals surface area contributed by atoms with Crippen LogP contribution in [0.1, 0.15) is 17.2 Å². The van der Waals surface area contributed by atoms with Gasteiger partial charge < -0.3 is 5.32 Å². The molecule has 3 rings (SSSR count). The Bertz CT molecular complexity index is 880. The van der Waals surface area contributed by atoms with E-state index in [1.165, 1.54) is 12.1 Å². The van der Waals surface area contributed by atoms with Crippen molar-refractivity contribution < 1.29 is 4.39 Å². The number of hydrogen-bond donors (Lipinski definition) is 2. The van der Waals surface area contributed by atoms with Gasteiger partial charge in [0.1, 0.15) is 11.5 Å². The molecule has 0 saturated carbocycles. The predicted molar refractivity (Wildman–Crippen MR) is 92.1 cm³/mol. The highest BCUT2D eigenvalue weighted by molar-refractivity contribution is 6.07. The van der Waals surface area contributed by atoms with E-state index in [0.717, 1.165) is 0 Å². The van der Waals surface area contributed by atoms with E-state index < -0.39 is 0 Å². The number of nitrogens with zero attached hydrogens (tertiary/aromatic N) is 4. The Hall–Kier alpha value is -3.48. The van der Waals surface area contributed by atoms with Crippen molar-refractivity contribution >= 4 is 11.4 Å². The first kappa shape index (κ1) is 16.4. The van der Waals surface area contributed by atoms with Gasteiger partial charge in [0, 0.05) is 36.9 Å². The summed E-state index contributed by atoms with van der Waals surface area (Å²) in [7, 11) is 0. The number of hydrogen-bond acceptors (Lipinski definition) is 6. The number of allylic oxidation sites excluding steroid dienone is 1. The summed E-state index contributed by atoms with van der Waals surface area (Å²) < 4.78 is 13.8. The van der Waals surface area contributed by atoms with Gasteiger partial charge >= 0.3 is 0 Å². The van der Waals surface area contributed by atoms with Crippen LogP contribution in [0.5, 0.6) is 0 Å². The molecule has 25 heavy (non-hydrogen) atoms. The lowest BCUT2D eigenvalue weighted by Crippen LogP contribution is -2.16. The first-order chi connectivity index (χ1) is 12.2. The molecular weight excluding hydrogens is 319 g/mol. The highest BCUT2D eigenvalue weighted by Crippen LogP contribution is 2.11. The second kappa shape index (κ2) is 7.87. The summed E-state index contributed by atoms with van der Waals surface area (Å²) in [6.07, 6.45) is 7.87. The molecule has 124 valence electrons. The molecule has 0 bridgehead atoms. The van der Waals surface area contributed by atoms with Crippen LogP contribution >= 0.6 is 0 Å². The van der Waals surface area contributed by atoms with Gasteiger partial charge in [-0.3, -0.25) is 5.41 Å². The number of rotatable bonds is 6. The van der Waals surface area contributed by atoms with E-state index in [4.69, 9.17) is 5.41 Å². The van der Waals surface area contributed by atoms with E-state index in [1.54, 1.807) is 55.1 Å². The zero-order valence-electron chi connectivity index (χ0n) is 13.2. The van der Waals surface area contributed by atoms with Crippen LogP contribution in [0.2, 0.25) is 0 Å². The highest BCUT2D eigenvalue weighted by atomic mass is 19.1. The van der Waals surface area contributed by atoms with E-state index in [-0.39, 0.29) is 23.9 Å². The van der Waals surface area contributed by atoms with E-state index >= 15 is 0 Å². The van der Waals surface area contributed by atoms with Gasteiger partial charge in [-0.2, -0.15) is 0 Å². The van der Waals surface area contributed by atoms with Gasteiger partial charge in [-0.05, 0) is 24.3 Å². The van der Waals surface area contributed by atoms with Gasteiger partial charge in [0.15, 0.2) is 11.6 Å². The summed E-state index contributed by atoms with van der Waals surface area (Å²) >= 11 is 0. The maximum absolute atomic E-state index is 13.8. The minimum atomic E-state index is -0.301. The molecule has 0 amide bonds. The third-order valence-corrected chi connectivity index (χ3v) is 3.33.